The van der Waals surface area contributed by atoms with Crippen LogP contribution in [0.25, 0.3) is 0 Å². The van der Waals surface area contributed by atoms with Crippen molar-refractivity contribution in [2.75, 3.05) is 0 Å². The molecule has 0 aliphatic heterocycles. The topological polar surface area (TPSA) is 38.7 Å². The van der Waals surface area contributed by atoms with Crippen molar-refractivity contribution in [2.24, 2.45) is 5.34 Å². The van der Waals surface area contributed by atoms with Crippen LogP contribution in [0.1, 0.15) is 5.56 Å². The Balaban J connectivity index is 2.87. The first-order chi connectivity index (χ1) is 6.04. The highest BCUT2D eigenvalue weighted by molar-refractivity contribution is 5.28. The van der Waals surface area contributed by atoms with E-state index < -0.39 is 11.7 Å². The van der Waals surface area contributed by atoms with Crippen LogP contribution in [0.3, 0.4) is 0 Å². The summed E-state index contributed by atoms with van der Waals surface area (Å²) in [6.07, 6.45) is -4.38. The van der Waals surface area contributed by atoms with Crippen LogP contribution in [0.5, 0.6) is 5.75 Å². The molecule has 0 aliphatic carbocycles. The largest absolute Gasteiger partial charge is 0.416 e. The molecule has 0 bridgehead atoms. The molecule has 1 rings (SSSR count). The van der Waals surface area contributed by atoms with Crippen molar-refractivity contribution >= 4 is 0 Å². The second-order valence-corrected chi connectivity index (χ2v) is 2.19. The summed E-state index contributed by atoms with van der Waals surface area (Å²) in [5, 5.41) is 2.07. The molecule has 70 valence electrons. The molecule has 1 aromatic carbocycles. The van der Waals surface area contributed by atoms with Gasteiger partial charge >= 0.3 is 6.18 Å². The van der Waals surface area contributed by atoms with Crippen LogP contribution >= 0.6 is 0 Å². The lowest BCUT2D eigenvalue weighted by Crippen LogP contribution is -2.03. The second kappa shape index (κ2) is 3.42. The minimum atomic E-state index is -4.38. The second-order valence-electron chi connectivity index (χ2n) is 2.19. The van der Waals surface area contributed by atoms with Crippen molar-refractivity contribution in [3.05, 3.63) is 34.7 Å². The summed E-state index contributed by atoms with van der Waals surface area (Å²) in [5.41, 5.74) is -0.800. The van der Waals surface area contributed by atoms with Gasteiger partial charge in [0.1, 0.15) is 0 Å². The van der Waals surface area contributed by atoms with E-state index in [1.165, 1.54) is 0 Å². The van der Waals surface area contributed by atoms with Gasteiger partial charge in [-0.3, -0.25) is 0 Å². The third-order valence-corrected chi connectivity index (χ3v) is 1.32. The standard InChI is InChI=1S/C7H4F3NO2/c8-7(9,10)5-1-3-6(4-2-5)13-11-12/h1-4H. The molecule has 0 saturated heterocycles. The molecule has 0 aliphatic rings. The lowest BCUT2D eigenvalue weighted by atomic mass is 10.2. The van der Waals surface area contributed by atoms with Crippen molar-refractivity contribution in [3.8, 4) is 5.75 Å². The third kappa shape index (κ3) is 2.43. The molecule has 6 heteroatoms. The van der Waals surface area contributed by atoms with Crippen molar-refractivity contribution in [1.82, 2.24) is 0 Å². The summed E-state index contributed by atoms with van der Waals surface area (Å²) in [5.74, 6) is -0.0250. The monoisotopic (exact) mass is 191 g/mol. The predicted molar refractivity (Wildman–Crippen MR) is 37.9 cm³/mol. The van der Waals surface area contributed by atoms with Gasteiger partial charge in [0.15, 0.2) is 11.1 Å². The number of benzene rings is 1. The van der Waals surface area contributed by atoms with Crippen molar-refractivity contribution in [1.29, 1.82) is 0 Å². The first-order valence-electron chi connectivity index (χ1n) is 3.21. The highest BCUT2D eigenvalue weighted by atomic mass is 19.4. The first kappa shape index (κ1) is 9.50. The molecular formula is C7H4F3NO2. The number of hydrogen-bond donors (Lipinski definition) is 0. The maximum Gasteiger partial charge on any atom is 0.416 e. The Morgan fingerprint density at radius 1 is 1.15 bits per heavy atom. The summed E-state index contributed by atoms with van der Waals surface area (Å²) in [6, 6.07) is 3.65. The molecule has 0 saturated carbocycles. The number of halogens is 3. The molecule has 0 N–H and O–H groups in total. The van der Waals surface area contributed by atoms with Gasteiger partial charge in [0.05, 0.1) is 5.56 Å². The van der Waals surface area contributed by atoms with Gasteiger partial charge in [-0.2, -0.15) is 13.2 Å². The zero-order chi connectivity index (χ0) is 9.90. The Labute approximate surface area is 71.1 Å². The van der Waals surface area contributed by atoms with Crippen molar-refractivity contribution in [2.45, 2.75) is 6.18 Å². The molecule has 0 aromatic heterocycles. The molecule has 0 radical (unpaired) electrons. The van der Waals surface area contributed by atoms with Gasteiger partial charge in [-0.1, -0.05) is 0 Å². The SMILES string of the molecule is O=NOc1ccc(C(F)(F)F)cc1. The van der Waals surface area contributed by atoms with Crippen LogP contribution in [-0.4, -0.2) is 0 Å². The van der Waals surface area contributed by atoms with Crippen molar-refractivity contribution < 1.29 is 18.0 Å². The van der Waals surface area contributed by atoms with Crippen LogP contribution in [0.2, 0.25) is 0 Å². The lowest BCUT2D eigenvalue weighted by Gasteiger charge is -2.05. The normalized spacial score (nSPS) is 11.0. The van der Waals surface area contributed by atoms with Crippen LogP contribution in [0.15, 0.2) is 29.6 Å². The fraction of sp³-hybridized carbons (Fsp3) is 0.143. The molecular weight excluding hydrogens is 187 g/mol. The van der Waals surface area contributed by atoms with E-state index >= 15 is 0 Å². The zero-order valence-electron chi connectivity index (χ0n) is 6.21. The molecule has 0 atom stereocenters. The van der Waals surface area contributed by atoms with Gasteiger partial charge in [-0.25, -0.2) is 0 Å². The molecule has 0 amide bonds. The van der Waals surface area contributed by atoms with E-state index in [1.54, 1.807) is 0 Å². The summed E-state index contributed by atoms with van der Waals surface area (Å²) >= 11 is 0. The lowest BCUT2D eigenvalue weighted by molar-refractivity contribution is -0.137. The van der Waals surface area contributed by atoms with Crippen LogP contribution in [0, 0.1) is 4.91 Å². The molecule has 0 spiro atoms. The van der Waals surface area contributed by atoms with Gasteiger partial charge < -0.3 is 4.84 Å². The maximum atomic E-state index is 12.0. The Hall–Kier alpha value is -1.59. The highest BCUT2D eigenvalue weighted by Gasteiger charge is 2.29. The van der Waals surface area contributed by atoms with E-state index in [9.17, 15) is 18.1 Å². The average Bonchev–Trinajstić information content (AvgIpc) is 2.04. The van der Waals surface area contributed by atoms with Crippen molar-refractivity contribution in [3.63, 3.8) is 0 Å². The summed E-state index contributed by atoms with van der Waals surface area (Å²) in [4.78, 5) is 13.6. The molecule has 3 nitrogen and oxygen atoms in total. The average molecular weight is 191 g/mol. The minimum Gasteiger partial charge on any atom is -0.324 e. The summed E-state index contributed by atoms with van der Waals surface area (Å²) < 4.78 is 35.9. The van der Waals surface area contributed by atoms with E-state index in [1.807, 2.05) is 0 Å². The van der Waals surface area contributed by atoms with Crippen LogP contribution in [-0.2, 0) is 6.18 Å². The molecule has 0 heterocycles. The number of hydrogen-bond acceptors (Lipinski definition) is 3. The van der Waals surface area contributed by atoms with Gasteiger partial charge in [-0.05, 0) is 24.3 Å². The fourth-order valence-corrected chi connectivity index (χ4v) is 0.748. The minimum absolute atomic E-state index is 0.0250. The Morgan fingerprint density at radius 2 is 1.69 bits per heavy atom. The highest BCUT2D eigenvalue weighted by Crippen LogP contribution is 2.30. The number of rotatable bonds is 2. The predicted octanol–water partition coefficient (Wildman–Crippen LogP) is 2.77. The Kier molecular flexibility index (Phi) is 2.50. The quantitative estimate of drug-likeness (QED) is 0.532. The number of alkyl halides is 3. The van der Waals surface area contributed by atoms with E-state index in [0.29, 0.717) is 0 Å². The Morgan fingerprint density at radius 3 is 2.08 bits per heavy atom. The van der Waals surface area contributed by atoms with Gasteiger partial charge in [-0.15, -0.1) is 4.91 Å². The molecule has 0 fully saturated rings. The van der Waals surface area contributed by atoms with Crippen LogP contribution in [0.4, 0.5) is 13.2 Å². The maximum absolute atomic E-state index is 12.0. The third-order valence-electron chi connectivity index (χ3n) is 1.32. The van der Waals surface area contributed by atoms with E-state index in [4.69, 9.17) is 0 Å². The first-order valence-corrected chi connectivity index (χ1v) is 3.21. The van der Waals surface area contributed by atoms with Crippen LogP contribution < -0.4 is 4.84 Å². The fourth-order valence-electron chi connectivity index (χ4n) is 0.748. The van der Waals surface area contributed by atoms with E-state index in [2.05, 4.69) is 10.2 Å². The Bertz CT molecular complexity index is 294. The van der Waals surface area contributed by atoms with Gasteiger partial charge in [0.25, 0.3) is 0 Å². The molecule has 0 unspecified atom stereocenters. The smallest absolute Gasteiger partial charge is 0.324 e. The molecule has 1 aromatic rings. The van der Waals surface area contributed by atoms with E-state index in [0.717, 1.165) is 24.3 Å². The number of nitrogens with zero attached hydrogens (tertiary/aromatic N) is 1. The van der Waals surface area contributed by atoms with Gasteiger partial charge in [0, 0.05) is 0 Å². The summed E-state index contributed by atoms with van der Waals surface area (Å²) in [6.45, 7) is 0. The zero-order valence-corrected chi connectivity index (χ0v) is 6.21. The van der Waals surface area contributed by atoms with Gasteiger partial charge in [0.2, 0.25) is 0 Å². The molecule has 13 heavy (non-hydrogen) atoms. The van der Waals surface area contributed by atoms with E-state index in [-0.39, 0.29) is 5.75 Å². The summed E-state index contributed by atoms with van der Waals surface area (Å²) in [7, 11) is 0.